The van der Waals surface area contributed by atoms with E-state index in [4.69, 9.17) is 5.73 Å². The molecule has 2 aromatic carbocycles. The molecule has 0 bridgehead atoms. The number of hydrogen-bond acceptors (Lipinski definition) is 4. The minimum absolute atomic E-state index is 0. The number of nitrogens with zero attached hydrogens (tertiary/aromatic N) is 2. The van der Waals surface area contributed by atoms with Crippen LogP contribution < -0.4 is 11.1 Å². The van der Waals surface area contributed by atoms with E-state index in [1.54, 1.807) is 0 Å². The van der Waals surface area contributed by atoms with Crippen molar-refractivity contribution in [1.29, 1.82) is 0 Å². The van der Waals surface area contributed by atoms with Crippen molar-refractivity contribution in [2.75, 3.05) is 44.3 Å². The third-order valence-corrected chi connectivity index (χ3v) is 5.13. The van der Waals surface area contributed by atoms with Crippen LogP contribution in [0.2, 0.25) is 0 Å². The molecule has 1 aliphatic rings. The molecule has 0 atom stereocenters. The number of likely N-dealkylation sites (N-methyl/N-ethyl adjacent to an activating group) is 1. The van der Waals surface area contributed by atoms with Gasteiger partial charge in [-0.2, -0.15) is 0 Å². The number of carbonyl (C=O) groups excluding carboxylic acids is 2. The van der Waals surface area contributed by atoms with Crippen molar-refractivity contribution < 1.29 is 9.59 Å². The van der Waals surface area contributed by atoms with E-state index in [-0.39, 0.29) is 36.6 Å². The van der Waals surface area contributed by atoms with Crippen LogP contribution in [0.25, 0.3) is 0 Å². The zero-order valence-electron chi connectivity index (χ0n) is 17.2. The first kappa shape index (κ1) is 25.8. The molecule has 3 rings (SSSR count). The first-order valence-electron chi connectivity index (χ1n) is 9.70. The summed E-state index contributed by atoms with van der Waals surface area (Å²) in [6, 6.07) is 15.1. The Hall–Kier alpha value is -2.28. The van der Waals surface area contributed by atoms with E-state index in [9.17, 15) is 9.59 Å². The highest BCUT2D eigenvalue weighted by Crippen LogP contribution is 2.15. The molecule has 0 spiro atoms. The lowest BCUT2D eigenvalue weighted by molar-refractivity contribution is -0.132. The van der Waals surface area contributed by atoms with Crippen LogP contribution in [0.15, 0.2) is 48.5 Å². The maximum absolute atomic E-state index is 12.4. The summed E-state index contributed by atoms with van der Waals surface area (Å²) in [5.74, 6) is 0.106. The average molecular weight is 453 g/mol. The maximum atomic E-state index is 12.4. The number of benzene rings is 2. The van der Waals surface area contributed by atoms with Crippen molar-refractivity contribution >= 4 is 48.0 Å². The van der Waals surface area contributed by atoms with E-state index in [0.717, 1.165) is 43.0 Å². The van der Waals surface area contributed by atoms with Gasteiger partial charge in [0.2, 0.25) is 11.8 Å². The highest BCUT2D eigenvalue weighted by atomic mass is 35.5. The Morgan fingerprint density at radius 3 is 2.23 bits per heavy atom. The van der Waals surface area contributed by atoms with E-state index >= 15 is 0 Å². The SMILES string of the molecule is CN1CCN(C(=O)Cc2ccc(NC(=O)CCc3ccccc3N)cc2)CC1.Cl.Cl. The third-order valence-electron chi connectivity index (χ3n) is 5.13. The zero-order valence-corrected chi connectivity index (χ0v) is 18.8. The number of amides is 2. The molecule has 164 valence electrons. The Balaban J connectivity index is 0.00000225. The number of anilines is 2. The van der Waals surface area contributed by atoms with Crippen LogP contribution in [-0.2, 0) is 22.4 Å². The molecule has 3 N–H and O–H groups in total. The molecular formula is C22H30Cl2N4O2. The number of hydrogen-bond donors (Lipinski definition) is 2. The Labute approximate surface area is 190 Å². The fourth-order valence-electron chi connectivity index (χ4n) is 3.28. The van der Waals surface area contributed by atoms with E-state index < -0.39 is 0 Å². The normalized spacial score (nSPS) is 13.7. The van der Waals surface area contributed by atoms with Gasteiger partial charge in [0.1, 0.15) is 0 Å². The summed E-state index contributed by atoms with van der Waals surface area (Å²) in [7, 11) is 2.07. The molecule has 0 aliphatic carbocycles. The second kappa shape index (κ2) is 12.4. The fraction of sp³-hybridized carbons (Fsp3) is 0.364. The van der Waals surface area contributed by atoms with Gasteiger partial charge in [-0.15, -0.1) is 24.8 Å². The Morgan fingerprint density at radius 2 is 1.60 bits per heavy atom. The second-order valence-electron chi connectivity index (χ2n) is 7.30. The van der Waals surface area contributed by atoms with Crippen LogP contribution in [0.3, 0.4) is 0 Å². The van der Waals surface area contributed by atoms with Crippen LogP contribution in [0.4, 0.5) is 11.4 Å². The quantitative estimate of drug-likeness (QED) is 0.660. The van der Waals surface area contributed by atoms with Crippen LogP contribution >= 0.6 is 24.8 Å². The summed E-state index contributed by atoms with van der Waals surface area (Å²) < 4.78 is 0. The zero-order chi connectivity index (χ0) is 19.9. The van der Waals surface area contributed by atoms with Crippen LogP contribution in [-0.4, -0.2) is 54.8 Å². The van der Waals surface area contributed by atoms with E-state index in [1.807, 2.05) is 53.4 Å². The summed E-state index contributed by atoms with van der Waals surface area (Å²) >= 11 is 0. The smallest absolute Gasteiger partial charge is 0.227 e. The molecule has 1 heterocycles. The van der Waals surface area contributed by atoms with Crippen LogP contribution in [0, 0.1) is 0 Å². The number of aryl methyl sites for hydroxylation is 1. The van der Waals surface area contributed by atoms with Gasteiger partial charge in [0.05, 0.1) is 6.42 Å². The first-order chi connectivity index (χ1) is 13.5. The lowest BCUT2D eigenvalue weighted by Gasteiger charge is -2.32. The maximum Gasteiger partial charge on any atom is 0.227 e. The summed E-state index contributed by atoms with van der Waals surface area (Å²) in [6.45, 7) is 3.42. The average Bonchev–Trinajstić information content (AvgIpc) is 2.69. The summed E-state index contributed by atoms with van der Waals surface area (Å²) in [6.07, 6.45) is 1.37. The lowest BCUT2D eigenvalue weighted by atomic mass is 10.1. The monoisotopic (exact) mass is 452 g/mol. The number of nitrogen functional groups attached to an aromatic ring is 1. The molecule has 2 aromatic rings. The van der Waals surface area contributed by atoms with Crippen molar-refractivity contribution in [1.82, 2.24) is 9.80 Å². The predicted octanol–water partition coefficient (Wildman–Crippen LogP) is 3.00. The molecule has 0 saturated carbocycles. The molecule has 1 fully saturated rings. The van der Waals surface area contributed by atoms with Gasteiger partial charge in [-0.05, 0) is 42.8 Å². The highest BCUT2D eigenvalue weighted by molar-refractivity contribution is 5.91. The fourth-order valence-corrected chi connectivity index (χ4v) is 3.28. The van der Waals surface area contributed by atoms with Crippen molar-refractivity contribution in [3.63, 3.8) is 0 Å². The van der Waals surface area contributed by atoms with Crippen LogP contribution in [0.1, 0.15) is 17.5 Å². The summed E-state index contributed by atoms with van der Waals surface area (Å²) in [5, 5.41) is 2.90. The van der Waals surface area contributed by atoms with Crippen molar-refractivity contribution in [3.05, 3.63) is 59.7 Å². The predicted molar refractivity (Wildman–Crippen MR) is 127 cm³/mol. The highest BCUT2D eigenvalue weighted by Gasteiger charge is 2.19. The van der Waals surface area contributed by atoms with Gasteiger partial charge >= 0.3 is 0 Å². The number of piperazine rings is 1. The minimum atomic E-state index is -0.0514. The van der Waals surface area contributed by atoms with Crippen molar-refractivity contribution in [2.45, 2.75) is 19.3 Å². The van der Waals surface area contributed by atoms with Gasteiger partial charge in [-0.25, -0.2) is 0 Å². The Kier molecular flexibility index (Phi) is 10.7. The minimum Gasteiger partial charge on any atom is -0.399 e. The Morgan fingerprint density at radius 1 is 0.967 bits per heavy atom. The van der Waals surface area contributed by atoms with Gasteiger partial charge in [-0.3, -0.25) is 9.59 Å². The van der Waals surface area contributed by atoms with E-state index in [1.165, 1.54) is 0 Å². The van der Waals surface area contributed by atoms with Gasteiger partial charge in [-0.1, -0.05) is 30.3 Å². The van der Waals surface area contributed by atoms with E-state index in [2.05, 4.69) is 17.3 Å². The van der Waals surface area contributed by atoms with Gasteiger partial charge < -0.3 is 20.9 Å². The number of halogens is 2. The molecular weight excluding hydrogens is 423 g/mol. The summed E-state index contributed by atoms with van der Waals surface area (Å²) in [4.78, 5) is 28.7. The number of nitrogens with two attached hydrogens (primary N) is 1. The van der Waals surface area contributed by atoms with Gasteiger partial charge in [0.25, 0.3) is 0 Å². The molecule has 0 aromatic heterocycles. The van der Waals surface area contributed by atoms with Crippen molar-refractivity contribution in [2.24, 2.45) is 0 Å². The number of carbonyl (C=O) groups is 2. The number of para-hydroxylation sites is 1. The molecule has 8 heteroatoms. The van der Waals surface area contributed by atoms with E-state index in [0.29, 0.717) is 24.9 Å². The summed E-state index contributed by atoms with van der Waals surface area (Å²) in [5.41, 5.74) is 9.30. The topological polar surface area (TPSA) is 78.7 Å². The molecule has 0 unspecified atom stereocenters. The number of rotatable bonds is 6. The van der Waals surface area contributed by atoms with Crippen LogP contribution in [0.5, 0.6) is 0 Å². The molecule has 2 amide bonds. The number of nitrogens with one attached hydrogen (secondary N) is 1. The molecule has 1 saturated heterocycles. The third kappa shape index (κ3) is 7.52. The Bertz CT molecular complexity index is 822. The largest absolute Gasteiger partial charge is 0.399 e. The molecule has 0 radical (unpaired) electrons. The van der Waals surface area contributed by atoms with Crippen molar-refractivity contribution in [3.8, 4) is 0 Å². The second-order valence-corrected chi connectivity index (χ2v) is 7.30. The van der Waals surface area contributed by atoms with Gasteiger partial charge in [0.15, 0.2) is 0 Å². The molecule has 30 heavy (non-hydrogen) atoms. The lowest BCUT2D eigenvalue weighted by Crippen LogP contribution is -2.47. The molecule has 1 aliphatic heterocycles. The molecule has 6 nitrogen and oxygen atoms in total. The first-order valence-corrected chi connectivity index (χ1v) is 9.70. The van der Waals surface area contributed by atoms with Gasteiger partial charge in [0, 0.05) is 44.0 Å². The standard InChI is InChI=1S/C22H28N4O2.2ClH/c1-25-12-14-26(15-13-25)22(28)16-17-6-9-19(10-7-17)24-21(27)11-8-18-4-2-3-5-20(18)23;;/h2-7,9-10H,8,11-16,23H2,1H3,(H,24,27);2*1H.